The molecule has 1 N–H and O–H groups in total. The van der Waals surface area contributed by atoms with Gasteiger partial charge in [0.2, 0.25) is 5.91 Å². The average Bonchev–Trinajstić information content (AvgIpc) is 2.70. The van der Waals surface area contributed by atoms with Crippen LogP contribution in [0.2, 0.25) is 5.02 Å². The lowest BCUT2D eigenvalue weighted by atomic mass is 10.3. The monoisotopic (exact) mass is 314 g/mol. The molecule has 0 aliphatic rings. The predicted octanol–water partition coefficient (Wildman–Crippen LogP) is 3.81. The van der Waals surface area contributed by atoms with E-state index in [1.54, 1.807) is 0 Å². The van der Waals surface area contributed by atoms with Crippen LogP contribution in [0.15, 0.2) is 27.8 Å². The highest BCUT2D eigenvalue weighted by Crippen LogP contribution is 2.24. The molecular formula is C13H12ClFN2O2S. The number of carbonyl (C=O) groups is 1. The summed E-state index contributed by atoms with van der Waals surface area (Å²) in [6, 6.07) is 3.79. The molecule has 1 aromatic carbocycles. The number of aromatic nitrogens is 1. The van der Waals surface area contributed by atoms with Crippen LogP contribution < -0.4 is 5.32 Å². The summed E-state index contributed by atoms with van der Waals surface area (Å²) in [6.45, 7) is 3.64. The Bertz CT molecular complexity index is 626. The molecule has 0 fully saturated rings. The van der Waals surface area contributed by atoms with Gasteiger partial charge in [-0.25, -0.2) is 9.37 Å². The molecule has 1 amide bonds. The minimum atomic E-state index is -0.451. The van der Waals surface area contributed by atoms with Gasteiger partial charge in [0.1, 0.15) is 11.6 Å². The third-order valence-corrected chi connectivity index (χ3v) is 3.68. The largest absolute Gasteiger partial charge is 0.437 e. The Morgan fingerprint density at radius 3 is 2.85 bits per heavy atom. The van der Waals surface area contributed by atoms with Crippen molar-refractivity contribution in [2.24, 2.45) is 0 Å². The van der Waals surface area contributed by atoms with Gasteiger partial charge in [-0.15, -0.1) is 0 Å². The fourth-order valence-electron chi connectivity index (χ4n) is 1.41. The number of hydrogen-bond acceptors (Lipinski definition) is 4. The van der Waals surface area contributed by atoms with Crippen LogP contribution in [0.5, 0.6) is 0 Å². The van der Waals surface area contributed by atoms with Crippen molar-refractivity contribution in [1.29, 1.82) is 0 Å². The van der Waals surface area contributed by atoms with Crippen LogP contribution in [0, 0.1) is 19.7 Å². The number of hydrogen-bond donors (Lipinski definition) is 1. The number of oxazole rings is 1. The van der Waals surface area contributed by atoms with E-state index in [1.165, 1.54) is 23.9 Å². The summed E-state index contributed by atoms with van der Waals surface area (Å²) in [6.07, 6.45) is 0. The van der Waals surface area contributed by atoms with E-state index in [1.807, 2.05) is 13.8 Å². The second-order valence-corrected chi connectivity index (χ2v) is 5.42. The van der Waals surface area contributed by atoms with Gasteiger partial charge in [0.25, 0.3) is 5.22 Å². The zero-order valence-corrected chi connectivity index (χ0v) is 12.4. The van der Waals surface area contributed by atoms with Gasteiger partial charge in [0.15, 0.2) is 0 Å². The van der Waals surface area contributed by atoms with Crippen molar-refractivity contribution in [1.82, 2.24) is 4.98 Å². The minimum absolute atomic E-state index is 0.132. The molecule has 7 heteroatoms. The Morgan fingerprint density at radius 1 is 1.50 bits per heavy atom. The Labute approximate surface area is 124 Å². The van der Waals surface area contributed by atoms with E-state index in [0.717, 1.165) is 17.5 Å². The van der Waals surface area contributed by atoms with Crippen LogP contribution in [0.3, 0.4) is 0 Å². The van der Waals surface area contributed by atoms with Crippen molar-refractivity contribution in [2.45, 2.75) is 19.1 Å². The fraction of sp³-hybridized carbons (Fsp3) is 0.231. The Kier molecular flexibility index (Phi) is 4.67. The molecule has 4 nitrogen and oxygen atoms in total. The third-order valence-electron chi connectivity index (χ3n) is 2.54. The number of aryl methyl sites for hydroxylation is 2. The molecule has 0 aliphatic heterocycles. The van der Waals surface area contributed by atoms with Crippen molar-refractivity contribution in [3.63, 3.8) is 0 Å². The van der Waals surface area contributed by atoms with Crippen LogP contribution in [0.4, 0.5) is 10.1 Å². The van der Waals surface area contributed by atoms with Crippen molar-refractivity contribution in [3.05, 3.63) is 40.5 Å². The molecule has 1 aromatic heterocycles. The van der Waals surface area contributed by atoms with Crippen molar-refractivity contribution >= 4 is 35.0 Å². The zero-order chi connectivity index (χ0) is 14.7. The van der Waals surface area contributed by atoms with Crippen LogP contribution in [0.25, 0.3) is 0 Å². The van der Waals surface area contributed by atoms with E-state index >= 15 is 0 Å². The number of benzene rings is 1. The molecule has 0 aliphatic carbocycles. The van der Waals surface area contributed by atoms with E-state index < -0.39 is 5.82 Å². The van der Waals surface area contributed by atoms with E-state index in [4.69, 9.17) is 16.0 Å². The molecule has 0 spiro atoms. The number of nitrogens with zero attached hydrogens (tertiary/aromatic N) is 1. The lowest BCUT2D eigenvalue weighted by Gasteiger charge is -2.06. The van der Waals surface area contributed by atoms with Crippen LogP contribution in [0.1, 0.15) is 11.5 Å². The van der Waals surface area contributed by atoms with Crippen molar-refractivity contribution in [3.8, 4) is 0 Å². The summed E-state index contributed by atoms with van der Waals surface area (Å²) in [5.74, 6) is 0.146. The second-order valence-electron chi connectivity index (χ2n) is 4.08. The number of halogens is 2. The van der Waals surface area contributed by atoms with Crippen LogP contribution in [-0.2, 0) is 4.79 Å². The maximum atomic E-state index is 12.9. The number of nitrogens with one attached hydrogen (secondary N) is 1. The summed E-state index contributed by atoms with van der Waals surface area (Å²) in [5.41, 5.74) is 1.17. The highest BCUT2D eigenvalue weighted by atomic mass is 35.5. The number of amides is 1. The van der Waals surface area contributed by atoms with Gasteiger partial charge in [0, 0.05) is 0 Å². The maximum absolute atomic E-state index is 12.9. The zero-order valence-electron chi connectivity index (χ0n) is 10.9. The molecule has 2 aromatic rings. The highest BCUT2D eigenvalue weighted by molar-refractivity contribution is 7.99. The fourth-order valence-corrected chi connectivity index (χ4v) is 2.34. The SMILES string of the molecule is Cc1nc(SCC(=O)Nc2ccc(F)cc2Cl)oc1C. The topological polar surface area (TPSA) is 55.1 Å². The lowest BCUT2D eigenvalue weighted by Crippen LogP contribution is -2.14. The number of rotatable bonds is 4. The first-order chi connectivity index (χ1) is 9.45. The summed E-state index contributed by atoms with van der Waals surface area (Å²) >= 11 is 7.01. The van der Waals surface area contributed by atoms with Gasteiger partial charge in [-0.3, -0.25) is 4.79 Å². The van der Waals surface area contributed by atoms with Crippen molar-refractivity contribution in [2.75, 3.05) is 11.1 Å². The predicted molar refractivity (Wildman–Crippen MR) is 76.7 cm³/mol. The van der Waals surface area contributed by atoms with E-state index in [-0.39, 0.29) is 16.7 Å². The van der Waals surface area contributed by atoms with Gasteiger partial charge in [-0.05, 0) is 32.0 Å². The van der Waals surface area contributed by atoms with Gasteiger partial charge in [0.05, 0.1) is 22.2 Å². The quantitative estimate of drug-likeness (QED) is 0.872. The first-order valence-electron chi connectivity index (χ1n) is 5.77. The number of carbonyl (C=O) groups excluding carboxylic acids is 1. The molecule has 106 valence electrons. The lowest BCUT2D eigenvalue weighted by molar-refractivity contribution is -0.113. The standard InChI is InChI=1S/C13H12ClFN2O2S/c1-7-8(2)19-13(16-7)20-6-12(18)17-11-4-3-9(15)5-10(11)14/h3-5H,6H2,1-2H3,(H,17,18). The molecule has 1 heterocycles. The summed E-state index contributed by atoms with van der Waals surface area (Å²) < 4.78 is 18.2. The van der Waals surface area contributed by atoms with E-state index in [9.17, 15) is 9.18 Å². The Morgan fingerprint density at radius 2 is 2.25 bits per heavy atom. The molecular weight excluding hydrogens is 303 g/mol. The Hall–Kier alpha value is -1.53. The molecule has 0 unspecified atom stereocenters. The van der Waals surface area contributed by atoms with Crippen LogP contribution in [-0.4, -0.2) is 16.6 Å². The average molecular weight is 315 g/mol. The number of anilines is 1. The summed E-state index contributed by atoms with van der Waals surface area (Å²) in [5, 5.41) is 3.20. The number of thioether (sulfide) groups is 1. The van der Waals surface area contributed by atoms with Gasteiger partial charge in [-0.2, -0.15) is 0 Å². The summed E-state index contributed by atoms with van der Waals surface area (Å²) in [4.78, 5) is 15.9. The third kappa shape index (κ3) is 3.74. The highest BCUT2D eigenvalue weighted by Gasteiger charge is 2.11. The van der Waals surface area contributed by atoms with E-state index in [0.29, 0.717) is 10.9 Å². The molecule has 0 radical (unpaired) electrons. The normalized spacial score (nSPS) is 10.6. The minimum Gasteiger partial charge on any atom is -0.437 e. The van der Waals surface area contributed by atoms with Gasteiger partial charge < -0.3 is 9.73 Å². The first kappa shape index (κ1) is 14.9. The Balaban J connectivity index is 1.92. The maximum Gasteiger partial charge on any atom is 0.256 e. The van der Waals surface area contributed by atoms with Gasteiger partial charge >= 0.3 is 0 Å². The van der Waals surface area contributed by atoms with Gasteiger partial charge in [-0.1, -0.05) is 23.4 Å². The van der Waals surface area contributed by atoms with Crippen LogP contribution >= 0.6 is 23.4 Å². The summed E-state index contributed by atoms with van der Waals surface area (Å²) in [7, 11) is 0. The first-order valence-corrected chi connectivity index (χ1v) is 7.14. The smallest absolute Gasteiger partial charge is 0.256 e. The molecule has 20 heavy (non-hydrogen) atoms. The molecule has 0 saturated heterocycles. The molecule has 0 bridgehead atoms. The van der Waals surface area contributed by atoms with E-state index in [2.05, 4.69) is 10.3 Å². The second kappa shape index (κ2) is 6.28. The molecule has 0 saturated carbocycles. The van der Waals surface area contributed by atoms with Crippen molar-refractivity contribution < 1.29 is 13.6 Å². The molecule has 2 rings (SSSR count). The molecule has 0 atom stereocenters.